The first-order valence-electron chi connectivity index (χ1n) is 7.23. The first-order chi connectivity index (χ1) is 10.6. The van der Waals surface area contributed by atoms with Gasteiger partial charge in [0.1, 0.15) is 0 Å². The lowest BCUT2D eigenvalue weighted by molar-refractivity contribution is -0.134. The number of carbonyl (C=O) groups excluding carboxylic acids is 3. The van der Waals surface area contributed by atoms with Gasteiger partial charge in [-0.15, -0.1) is 0 Å². The summed E-state index contributed by atoms with van der Waals surface area (Å²) in [5.41, 5.74) is 2.66. The van der Waals surface area contributed by atoms with E-state index in [4.69, 9.17) is 5.84 Å². The fourth-order valence-corrected chi connectivity index (χ4v) is 2.47. The van der Waals surface area contributed by atoms with Gasteiger partial charge in [-0.2, -0.15) is 0 Å². The van der Waals surface area contributed by atoms with E-state index >= 15 is 0 Å². The summed E-state index contributed by atoms with van der Waals surface area (Å²) >= 11 is 0. The number of likely N-dealkylation sites (tertiary alicyclic amines) is 1. The summed E-state index contributed by atoms with van der Waals surface area (Å²) in [6.45, 7) is 0.956. The van der Waals surface area contributed by atoms with E-state index in [0.717, 1.165) is 0 Å². The average molecular weight is 304 g/mol. The Morgan fingerprint density at radius 2 is 1.77 bits per heavy atom. The van der Waals surface area contributed by atoms with Crippen LogP contribution in [0.5, 0.6) is 0 Å². The lowest BCUT2D eigenvalue weighted by Gasteiger charge is -2.31. The fourth-order valence-electron chi connectivity index (χ4n) is 2.47. The molecule has 0 saturated carbocycles. The second-order valence-corrected chi connectivity index (χ2v) is 5.21. The SMILES string of the molecule is NNC(=O)C1CCN(C(=O)CNC(=O)c2ccccc2)CC1. The molecule has 1 aromatic rings. The molecule has 1 aromatic carbocycles. The number of rotatable bonds is 4. The number of carbonyl (C=O) groups is 3. The van der Waals surface area contributed by atoms with Crippen LogP contribution in [-0.4, -0.2) is 42.3 Å². The van der Waals surface area contributed by atoms with Gasteiger partial charge in [-0.3, -0.25) is 19.8 Å². The van der Waals surface area contributed by atoms with Crippen molar-refractivity contribution in [2.75, 3.05) is 19.6 Å². The largest absolute Gasteiger partial charge is 0.343 e. The molecule has 0 radical (unpaired) electrons. The number of amides is 3. The quantitative estimate of drug-likeness (QED) is 0.401. The molecule has 1 saturated heterocycles. The maximum atomic E-state index is 12.1. The minimum absolute atomic E-state index is 0.0402. The van der Waals surface area contributed by atoms with Gasteiger partial charge in [0, 0.05) is 24.6 Å². The van der Waals surface area contributed by atoms with Gasteiger partial charge in [0.2, 0.25) is 11.8 Å². The van der Waals surface area contributed by atoms with E-state index in [0.29, 0.717) is 31.5 Å². The molecule has 0 atom stereocenters. The number of hydrazine groups is 1. The zero-order chi connectivity index (χ0) is 15.9. The maximum absolute atomic E-state index is 12.1. The van der Waals surface area contributed by atoms with Gasteiger partial charge in [-0.1, -0.05) is 18.2 Å². The van der Waals surface area contributed by atoms with Crippen LogP contribution in [0.4, 0.5) is 0 Å². The van der Waals surface area contributed by atoms with Crippen molar-refractivity contribution in [3.05, 3.63) is 35.9 Å². The fraction of sp³-hybridized carbons (Fsp3) is 0.400. The van der Waals surface area contributed by atoms with Crippen molar-refractivity contribution >= 4 is 17.7 Å². The number of hydrogen-bond acceptors (Lipinski definition) is 4. The Labute approximate surface area is 128 Å². The van der Waals surface area contributed by atoms with Crippen molar-refractivity contribution < 1.29 is 14.4 Å². The van der Waals surface area contributed by atoms with Gasteiger partial charge in [0.15, 0.2) is 0 Å². The molecule has 0 unspecified atom stereocenters. The Morgan fingerprint density at radius 3 is 2.36 bits per heavy atom. The number of hydrogen-bond donors (Lipinski definition) is 3. The molecule has 7 heteroatoms. The van der Waals surface area contributed by atoms with Gasteiger partial charge < -0.3 is 10.2 Å². The molecular formula is C15H20N4O3. The third-order valence-corrected chi connectivity index (χ3v) is 3.80. The van der Waals surface area contributed by atoms with Crippen molar-refractivity contribution in [2.24, 2.45) is 11.8 Å². The van der Waals surface area contributed by atoms with Crippen molar-refractivity contribution in [2.45, 2.75) is 12.8 Å². The van der Waals surface area contributed by atoms with Crippen molar-refractivity contribution in [1.82, 2.24) is 15.6 Å². The molecule has 0 bridgehead atoms. The summed E-state index contributed by atoms with van der Waals surface area (Å²) in [7, 11) is 0. The van der Waals surface area contributed by atoms with E-state index in [2.05, 4.69) is 10.7 Å². The summed E-state index contributed by atoms with van der Waals surface area (Å²) in [5.74, 6) is 4.36. The highest BCUT2D eigenvalue weighted by atomic mass is 16.2. The highest BCUT2D eigenvalue weighted by Gasteiger charge is 2.26. The van der Waals surface area contributed by atoms with Crippen LogP contribution in [0.3, 0.4) is 0 Å². The summed E-state index contributed by atoms with van der Waals surface area (Å²) in [6, 6.07) is 8.74. The van der Waals surface area contributed by atoms with Crippen molar-refractivity contribution in [3.8, 4) is 0 Å². The minimum Gasteiger partial charge on any atom is -0.343 e. The first-order valence-corrected chi connectivity index (χ1v) is 7.23. The van der Waals surface area contributed by atoms with Crippen LogP contribution in [0.25, 0.3) is 0 Å². The summed E-state index contributed by atoms with van der Waals surface area (Å²) in [5, 5.41) is 2.61. The van der Waals surface area contributed by atoms with Crippen LogP contribution in [0, 0.1) is 5.92 Å². The monoisotopic (exact) mass is 304 g/mol. The standard InChI is InChI=1S/C15H20N4O3/c16-18-15(22)12-6-8-19(9-7-12)13(20)10-17-14(21)11-4-2-1-3-5-11/h1-5,12H,6-10,16H2,(H,17,21)(H,18,22). The Kier molecular flexibility index (Phi) is 5.48. The first kappa shape index (κ1) is 16.0. The van der Waals surface area contributed by atoms with Crippen LogP contribution >= 0.6 is 0 Å². The molecule has 118 valence electrons. The number of nitrogens with zero attached hydrogens (tertiary/aromatic N) is 1. The minimum atomic E-state index is -0.272. The van der Waals surface area contributed by atoms with E-state index < -0.39 is 0 Å². The Morgan fingerprint density at radius 1 is 1.14 bits per heavy atom. The van der Waals surface area contributed by atoms with Crippen LogP contribution in [0.15, 0.2) is 30.3 Å². The Balaban J connectivity index is 1.77. The van der Waals surface area contributed by atoms with Crippen LogP contribution in [-0.2, 0) is 9.59 Å². The van der Waals surface area contributed by atoms with E-state index in [1.807, 2.05) is 6.07 Å². The highest BCUT2D eigenvalue weighted by Crippen LogP contribution is 2.16. The van der Waals surface area contributed by atoms with Crippen molar-refractivity contribution in [1.29, 1.82) is 0 Å². The molecule has 0 aliphatic carbocycles. The van der Waals surface area contributed by atoms with Gasteiger partial charge in [0.05, 0.1) is 6.54 Å². The third-order valence-electron chi connectivity index (χ3n) is 3.80. The summed E-state index contributed by atoms with van der Waals surface area (Å²) < 4.78 is 0. The number of piperidine rings is 1. The molecule has 1 heterocycles. The molecule has 2 rings (SSSR count). The van der Waals surface area contributed by atoms with Crippen molar-refractivity contribution in [3.63, 3.8) is 0 Å². The second kappa shape index (κ2) is 7.56. The molecule has 1 aliphatic heterocycles. The van der Waals surface area contributed by atoms with E-state index in [-0.39, 0.29) is 30.2 Å². The highest BCUT2D eigenvalue weighted by molar-refractivity contribution is 5.96. The van der Waals surface area contributed by atoms with Crippen LogP contribution < -0.4 is 16.6 Å². The molecular weight excluding hydrogens is 284 g/mol. The molecule has 0 spiro atoms. The predicted octanol–water partition coefficient (Wildman–Crippen LogP) is -0.355. The average Bonchev–Trinajstić information content (AvgIpc) is 2.59. The molecule has 1 aliphatic rings. The summed E-state index contributed by atoms with van der Waals surface area (Å²) in [6.07, 6.45) is 1.17. The number of nitrogens with one attached hydrogen (secondary N) is 2. The molecule has 22 heavy (non-hydrogen) atoms. The van der Waals surface area contributed by atoms with Gasteiger partial charge in [-0.25, -0.2) is 5.84 Å². The van der Waals surface area contributed by atoms with E-state index in [1.165, 1.54) is 0 Å². The smallest absolute Gasteiger partial charge is 0.251 e. The molecule has 7 nitrogen and oxygen atoms in total. The Bertz CT molecular complexity index is 539. The predicted molar refractivity (Wildman–Crippen MR) is 80.4 cm³/mol. The van der Waals surface area contributed by atoms with E-state index in [9.17, 15) is 14.4 Å². The van der Waals surface area contributed by atoms with Gasteiger partial charge >= 0.3 is 0 Å². The van der Waals surface area contributed by atoms with Crippen LogP contribution in [0.1, 0.15) is 23.2 Å². The second-order valence-electron chi connectivity index (χ2n) is 5.21. The van der Waals surface area contributed by atoms with Crippen LogP contribution in [0.2, 0.25) is 0 Å². The molecule has 3 amide bonds. The topological polar surface area (TPSA) is 105 Å². The number of nitrogens with two attached hydrogens (primary N) is 1. The van der Waals surface area contributed by atoms with Gasteiger partial charge in [-0.05, 0) is 25.0 Å². The zero-order valence-corrected chi connectivity index (χ0v) is 12.2. The molecule has 0 aromatic heterocycles. The lowest BCUT2D eigenvalue weighted by atomic mass is 9.96. The normalized spacial score (nSPS) is 15.2. The number of benzene rings is 1. The molecule has 4 N–H and O–H groups in total. The Hall–Kier alpha value is -2.41. The maximum Gasteiger partial charge on any atom is 0.251 e. The molecule has 1 fully saturated rings. The summed E-state index contributed by atoms with van der Waals surface area (Å²) in [4.78, 5) is 37.0. The zero-order valence-electron chi connectivity index (χ0n) is 12.2. The lowest BCUT2D eigenvalue weighted by Crippen LogP contribution is -2.47. The van der Waals surface area contributed by atoms with Gasteiger partial charge in [0.25, 0.3) is 5.91 Å². The third kappa shape index (κ3) is 4.05. The van der Waals surface area contributed by atoms with E-state index in [1.54, 1.807) is 29.2 Å².